The molecule has 0 saturated heterocycles. The maximum absolute atomic E-state index is 10.7. The lowest BCUT2D eigenvalue weighted by molar-refractivity contribution is -0.136. The average Bonchev–Trinajstić information content (AvgIpc) is 2.95. The van der Waals surface area contributed by atoms with E-state index in [0.717, 1.165) is 22.3 Å². The number of anilines is 2. The second-order valence-corrected chi connectivity index (χ2v) is 5.49. The van der Waals surface area contributed by atoms with Crippen molar-refractivity contribution in [2.45, 2.75) is 6.42 Å². The lowest BCUT2D eigenvalue weighted by Crippen LogP contribution is -2.15. The van der Waals surface area contributed by atoms with Crippen LogP contribution >= 0.6 is 0 Å². The third kappa shape index (κ3) is 2.83. The number of imidazole rings is 1. The lowest BCUT2D eigenvalue weighted by atomic mass is 10.1. The molecule has 0 saturated carbocycles. The standard InChI is InChI=1S/C17H15N3O4/c21-16(22)7-10-1-3-11(4-2-10)18-17-19-12-8-14-15(9-13(12)20-17)24-6-5-23-14/h1-4,8-9H,5-7H2,(H,21,22)(H2,18,19,20). The first-order valence-electron chi connectivity index (χ1n) is 7.54. The Balaban J connectivity index is 1.57. The summed E-state index contributed by atoms with van der Waals surface area (Å²) in [6, 6.07) is 10.9. The molecule has 3 N–H and O–H groups in total. The van der Waals surface area contributed by atoms with Gasteiger partial charge in [-0.3, -0.25) is 4.79 Å². The van der Waals surface area contributed by atoms with Crippen LogP contribution in [-0.2, 0) is 11.2 Å². The molecular weight excluding hydrogens is 310 g/mol. The van der Waals surface area contributed by atoms with Crippen LogP contribution in [0.25, 0.3) is 11.0 Å². The largest absolute Gasteiger partial charge is 0.486 e. The minimum Gasteiger partial charge on any atom is -0.486 e. The maximum Gasteiger partial charge on any atom is 0.307 e. The number of benzene rings is 2. The molecule has 0 fully saturated rings. The van der Waals surface area contributed by atoms with E-state index in [1.807, 2.05) is 24.3 Å². The van der Waals surface area contributed by atoms with Gasteiger partial charge < -0.3 is 24.9 Å². The molecule has 3 aromatic rings. The molecule has 0 radical (unpaired) electrons. The Morgan fingerprint density at radius 2 is 1.88 bits per heavy atom. The number of ether oxygens (including phenoxy) is 2. The van der Waals surface area contributed by atoms with Crippen molar-refractivity contribution in [3.05, 3.63) is 42.0 Å². The van der Waals surface area contributed by atoms with E-state index in [9.17, 15) is 4.79 Å². The second kappa shape index (κ2) is 5.77. The first kappa shape index (κ1) is 14.4. The first-order valence-corrected chi connectivity index (χ1v) is 7.54. The van der Waals surface area contributed by atoms with Gasteiger partial charge in [-0.2, -0.15) is 0 Å². The number of hydrogen-bond donors (Lipinski definition) is 3. The summed E-state index contributed by atoms with van der Waals surface area (Å²) in [4.78, 5) is 18.4. The Morgan fingerprint density at radius 1 is 1.17 bits per heavy atom. The van der Waals surface area contributed by atoms with Crippen LogP contribution in [0.15, 0.2) is 36.4 Å². The van der Waals surface area contributed by atoms with Gasteiger partial charge in [0, 0.05) is 17.8 Å². The van der Waals surface area contributed by atoms with E-state index >= 15 is 0 Å². The summed E-state index contributed by atoms with van der Waals surface area (Å²) in [6.07, 6.45) is 0.0104. The number of fused-ring (bicyclic) bond motifs is 2. The maximum atomic E-state index is 10.7. The number of rotatable bonds is 4. The fourth-order valence-corrected chi connectivity index (χ4v) is 2.62. The molecule has 0 atom stereocenters. The summed E-state index contributed by atoms with van der Waals surface area (Å²) < 4.78 is 11.1. The Labute approximate surface area is 137 Å². The van der Waals surface area contributed by atoms with E-state index in [0.29, 0.717) is 30.7 Å². The third-order valence-corrected chi connectivity index (χ3v) is 3.72. The fraction of sp³-hybridized carbons (Fsp3) is 0.176. The van der Waals surface area contributed by atoms with Gasteiger partial charge in [0.1, 0.15) is 13.2 Å². The molecule has 122 valence electrons. The summed E-state index contributed by atoms with van der Waals surface area (Å²) >= 11 is 0. The Morgan fingerprint density at radius 3 is 2.58 bits per heavy atom. The highest BCUT2D eigenvalue weighted by atomic mass is 16.6. The second-order valence-electron chi connectivity index (χ2n) is 5.49. The Bertz CT molecular complexity index is 859. The number of nitrogens with zero attached hydrogens (tertiary/aromatic N) is 1. The topological polar surface area (TPSA) is 96.5 Å². The number of H-pyrrole nitrogens is 1. The van der Waals surface area contributed by atoms with Crippen molar-refractivity contribution >= 4 is 28.6 Å². The molecule has 7 nitrogen and oxygen atoms in total. The molecule has 0 unspecified atom stereocenters. The number of hydrogen-bond acceptors (Lipinski definition) is 5. The van der Waals surface area contributed by atoms with E-state index in [1.165, 1.54) is 0 Å². The van der Waals surface area contributed by atoms with E-state index in [-0.39, 0.29) is 6.42 Å². The lowest BCUT2D eigenvalue weighted by Gasteiger charge is -2.17. The van der Waals surface area contributed by atoms with E-state index in [4.69, 9.17) is 14.6 Å². The summed E-state index contributed by atoms with van der Waals surface area (Å²) in [5.74, 6) is 1.16. The molecule has 4 rings (SSSR count). The van der Waals surface area contributed by atoms with Crippen LogP contribution in [-0.4, -0.2) is 34.3 Å². The zero-order chi connectivity index (χ0) is 16.5. The monoisotopic (exact) mass is 325 g/mol. The first-order chi connectivity index (χ1) is 11.7. The van der Waals surface area contributed by atoms with Crippen molar-refractivity contribution in [1.29, 1.82) is 0 Å². The fourth-order valence-electron chi connectivity index (χ4n) is 2.62. The van der Waals surface area contributed by atoms with Gasteiger partial charge >= 0.3 is 5.97 Å². The number of carbonyl (C=O) groups is 1. The van der Waals surface area contributed by atoms with Gasteiger partial charge in [0.25, 0.3) is 0 Å². The number of carboxylic acids is 1. The quantitative estimate of drug-likeness (QED) is 0.682. The normalized spacial score (nSPS) is 13.0. The zero-order valence-electron chi connectivity index (χ0n) is 12.7. The minimum atomic E-state index is -0.846. The molecular formula is C17H15N3O4. The van der Waals surface area contributed by atoms with Crippen LogP contribution in [0.3, 0.4) is 0 Å². The van der Waals surface area contributed by atoms with Gasteiger partial charge in [0.05, 0.1) is 17.5 Å². The molecule has 0 aliphatic carbocycles. The van der Waals surface area contributed by atoms with Crippen LogP contribution in [0.1, 0.15) is 5.56 Å². The molecule has 2 aromatic carbocycles. The van der Waals surface area contributed by atoms with Gasteiger partial charge in [0.15, 0.2) is 11.5 Å². The van der Waals surface area contributed by atoms with E-state index < -0.39 is 5.97 Å². The van der Waals surface area contributed by atoms with Gasteiger partial charge in [-0.1, -0.05) is 12.1 Å². The highest BCUT2D eigenvalue weighted by Gasteiger charge is 2.14. The molecule has 0 spiro atoms. The molecule has 1 aliphatic rings. The SMILES string of the molecule is O=C(O)Cc1ccc(Nc2nc3cc4c(cc3[nH]2)OCCO4)cc1. The van der Waals surface area contributed by atoms with Crippen molar-refractivity contribution in [2.75, 3.05) is 18.5 Å². The van der Waals surface area contributed by atoms with Crippen LogP contribution in [0.5, 0.6) is 11.5 Å². The van der Waals surface area contributed by atoms with Crippen LogP contribution in [0, 0.1) is 0 Å². The van der Waals surface area contributed by atoms with Gasteiger partial charge in [-0.15, -0.1) is 0 Å². The summed E-state index contributed by atoms with van der Waals surface area (Å²) in [6.45, 7) is 1.08. The predicted molar refractivity (Wildman–Crippen MR) is 88.1 cm³/mol. The van der Waals surface area contributed by atoms with Gasteiger partial charge in [-0.25, -0.2) is 4.98 Å². The smallest absolute Gasteiger partial charge is 0.307 e. The Hall–Kier alpha value is -3.22. The molecule has 24 heavy (non-hydrogen) atoms. The van der Waals surface area contributed by atoms with E-state index in [1.54, 1.807) is 12.1 Å². The molecule has 2 heterocycles. The van der Waals surface area contributed by atoms with Crippen LogP contribution in [0.4, 0.5) is 11.6 Å². The highest BCUT2D eigenvalue weighted by Crippen LogP contribution is 2.34. The molecule has 1 aromatic heterocycles. The van der Waals surface area contributed by atoms with Gasteiger partial charge in [0.2, 0.25) is 5.95 Å². The highest BCUT2D eigenvalue weighted by molar-refractivity contribution is 5.82. The number of aromatic amines is 1. The summed E-state index contributed by atoms with van der Waals surface area (Å²) in [5.41, 5.74) is 3.20. The zero-order valence-corrected chi connectivity index (χ0v) is 12.7. The van der Waals surface area contributed by atoms with Crippen molar-refractivity contribution in [3.8, 4) is 11.5 Å². The van der Waals surface area contributed by atoms with E-state index in [2.05, 4.69) is 15.3 Å². The van der Waals surface area contributed by atoms with Crippen LogP contribution in [0.2, 0.25) is 0 Å². The van der Waals surface area contributed by atoms with Crippen LogP contribution < -0.4 is 14.8 Å². The average molecular weight is 325 g/mol. The van der Waals surface area contributed by atoms with Gasteiger partial charge in [-0.05, 0) is 17.7 Å². The molecule has 0 amide bonds. The number of aliphatic carboxylic acids is 1. The number of nitrogens with one attached hydrogen (secondary N) is 2. The Kier molecular flexibility index (Phi) is 3.45. The summed E-state index contributed by atoms with van der Waals surface area (Å²) in [5, 5.41) is 12.0. The number of aromatic nitrogens is 2. The van der Waals surface area contributed by atoms with Crippen molar-refractivity contribution < 1.29 is 19.4 Å². The minimum absolute atomic E-state index is 0.0104. The molecule has 7 heteroatoms. The predicted octanol–water partition coefficient (Wildman–Crippen LogP) is 2.70. The molecule has 0 bridgehead atoms. The summed E-state index contributed by atoms with van der Waals surface area (Å²) in [7, 11) is 0. The van der Waals surface area contributed by atoms with Crippen molar-refractivity contribution in [3.63, 3.8) is 0 Å². The van der Waals surface area contributed by atoms with Crippen molar-refractivity contribution in [1.82, 2.24) is 9.97 Å². The van der Waals surface area contributed by atoms with Crippen molar-refractivity contribution in [2.24, 2.45) is 0 Å². The third-order valence-electron chi connectivity index (χ3n) is 3.72. The molecule has 1 aliphatic heterocycles. The number of carboxylic acid groups (broad SMARTS) is 1.